The first-order valence-corrected chi connectivity index (χ1v) is 11.0. The third kappa shape index (κ3) is 2.72. The molecule has 0 bridgehead atoms. The van der Waals surface area contributed by atoms with Gasteiger partial charge in [-0.05, 0) is 42.6 Å². The number of pyridine rings is 1. The van der Waals surface area contributed by atoms with Crippen LogP contribution in [0.4, 0.5) is 0 Å². The van der Waals surface area contributed by atoms with Crippen molar-refractivity contribution >= 4 is 28.5 Å². The number of nitrogens with one attached hydrogen (secondary N) is 1. The van der Waals surface area contributed by atoms with Gasteiger partial charge in [0.25, 0.3) is 0 Å². The van der Waals surface area contributed by atoms with Gasteiger partial charge in [0.15, 0.2) is 0 Å². The van der Waals surface area contributed by atoms with E-state index in [1.165, 1.54) is 12.3 Å². The second kappa shape index (κ2) is 6.70. The van der Waals surface area contributed by atoms with Gasteiger partial charge in [-0.25, -0.2) is 4.79 Å². The highest BCUT2D eigenvalue weighted by Gasteiger charge is 2.62. The van der Waals surface area contributed by atoms with Gasteiger partial charge in [-0.1, -0.05) is 24.9 Å². The second-order valence-corrected chi connectivity index (χ2v) is 9.51. The van der Waals surface area contributed by atoms with Crippen LogP contribution in [0.15, 0.2) is 17.1 Å². The molecule has 3 aliphatic rings. The molecule has 5 rings (SSSR count). The van der Waals surface area contributed by atoms with Crippen LogP contribution in [-0.4, -0.2) is 39.9 Å². The van der Waals surface area contributed by atoms with E-state index in [1.54, 1.807) is 0 Å². The Balaban J connectivity index is 1.70. The lowest BCUT2D eigenvalue weighted by atomic mass is 9.76. The number of aromatic nitrogens is 1. The molecule has 1 aromatic carbocycles. The molecule has 5 N–H and O–H groups in total. The summed E-state index contributed by atoms with van der Waals surface area (Å²) in [7, 11) is 0. The van der Waals surface area contributed by atoms with Crippen molar-refractivity contribution in [1.29, 1.82) is 0 Å². The lowest BCUT2D eigenvalue weighted by Crippen LogP contribution is -2.52. The predicted octanol–water partition coefficient (Wildman–Crippen LogP) is 2.82. The van der Waals surface area contributed by atoms with Crippen LogP contribution >= 0.6 is 11.6 Å². The Labute approximate surface area is 178 Å². The van der Waals surface area contributed by atoms with Gasteiger partial charge >= 0.3 is 5.97 Å². The van der Waals surface area contributed by atoms with Crippen molar-refractivity contribution in [1.82, 2.24) is 9.88 Å². The number of hydrogen-bond acceptors (Lipinski definition) is 5. The van der Waals surface area contributed by atoms with Crippen molar-refractivity contribution in [2.45, 2.75) is 50.6 Å². The average Bonchev–Trinajstić information content (AvgIpc) is 3.60. The Hall–Kier alpha value is -2.09. The van der Waals surface area contributed by atoms with E-state index in [0.29, 0.717) is 22.0 Å². The maximum absolute atomic E-state index is 12.8. The van der Waals surface area contributed by atoms with Crippen molar-refractivity contribution < 1.29 is 15.0 Å². The third-order valence-corrected chi connectivity index (χ3v) is 7.82. The summed E-state index contributed by atoms with van der Waals surface area (Å²) in [6, 6.07) is 1.59. The number of piperidine rings is 1. The van der Waals surface area contributed by atoms with Crippen LogP contribution in [0, 0.1) is 11.3 Å². The summed E-state index contributed by atoms with van der Waals surface area (Å²) >= 11 is 6.87. The highest BCUT2D eigenvalue weighted by Crippen LogP contribution is 2.68. The molecule has 3 unspecified atom stereocenters. The molecule has 1 aliphatic heterocycles. The first-order chi connectivity index (χ1) is 14.3. The smallest absolute Gasteiger partial charge is 0.341 e. The number of halogens is 1. The molecule has 4 atom stereocenters. The normalized spacial score (nSPS) is 30.7. The molecule has 8 heteroatoms. The van der Waals surface area contributed by atoms with E-state index in [0.717, 1.165) is 38.8 Å². The molecule has 2 heterocycles. The molecule has 1 saturated heterocycles. The number of rotatable bonds is 4. The molecule has 1 spiro atoms. The van der Waals surface area contributed by atoms with Crippen molar-refractivity contribution in [3.63, 3.8) is 0 Å². The van der Waals surface area contributed by atoms with Gasteiger partial charge in [0.05, 0.1) is 15.9 Å². The van der Waals surface area contributed by atoms with Gasteiger partial charge < -0.3 is 25.8 Å². The third-order valence-electron chi connectivity index (χ3n) is 7.44. The van der Waals surface area contributed by atoms with Crippen molar-refractivity contribution in [2.75, 3.05) is 13.1 Å². The van der Waals surface area contributed by atoms with Gasteiger partial charge in [-0.15, -0.1) is 0 Å². The summed E-state index contributed by atoms with van der Waals surface area (Å²) in [5.41, 5.74) is 6.62. The molecular formula is C22H26ClN3O4. The van der Waals surface area contributed by atoms with Gasteiger partial charge in [-0.3, -0.25) is 4.79 Å². The van der Waals surface area contributed by atoms with Gasteiger partial charge in [0.2, 0.25) is 5.43 Å². The fourth-order valence-electron chi connectivity index (χ4n) is 5.79. The number of fused-ring (bicyclic) bond motifs is 1. The lowest BCUT2D eigenvalue weighted by molar-refractivity contribution is 0.0695. The number of hydrogen-bond donors (Lipinski definition) is 4. The average molecular weight is 432 g/mol. The molecule has 1 aromatic heterocycles. The second-order valence-electron chi connectivity index (χ2n) is 9.13. The maximum atomic E-state index is 12.8. The monoisotopic (exact) mass is 431 g/mol. The molecule has 3 fully saturated rings. The molecule has 2 aliphatic carbocycles. The standard InChI is InChI=1S/C22H26ClN3O4/c1-2-13-15(24)7-25-9-22(13)6-14(22)17-16(27)5-11-19(18(17)23)26(10-3-4-10)8-12(20(11)28)21(29)30/h5,8,10,13-15,25,27H,2-4,6-7,9,24H2,1H3,(H,29,30)/t13-,14?,15?,22?/m1/s1. The zero-order valence-electron chi connectivity index (χ0n) is 16.8. The SMILES string of the molecule is CC[C@@H]1C(N)CNCC12CC2c1c(O)cc2c(=O)c(C(=O)O)cn(C3CC3)c2c1Cl. The minimum Gasteiger partial charge on any atom is -0.508 e. The van der Waals surface area contributed by atoms with Crippen LogP contribution in [0.5, 0.6) is 5.75 Å². The van der Waals surface area contributed by atoms with Crippen LogP contribution < -0.4 is 16.5 Å². The number of carboxylic acids is 1. The molecule has 7 nitrogen and oxygen atoms in total. The predicted molar refractivity (Wildman–Crippen MR) is 115 cm³/mol. The first kappa shape index (κ1) is 19.8. The molecule has 0 radical (unpaired) electrons. The number of aromatic hydroxyl groups is 1. The van der Waals surface area contributed by atoms with E-state index in [2.05, 4.69) is 12.2 Å². The Morgan fingerprint density at radius 1 is 1.43 bits per heavy atom. The van der Waals surface area contributed by atoms with E-state index in [4.69, 9.17) is 17.3 Å². The zero-order chi connectivity index (χ0) is 21.4. The van der Waals surface area contributed by atoms with Crippen molar-refractivity contribution in [3.05, 3.63) is 38.6 Å². The number of aromatic carboxylic acids is 1. The summed E-state index contributed by atoms with van der Waals surface area (Å²) < 4.78 is 1.82. The lowest BCUT2D eigenvalue weighted by Gasteiger charge is -2.38. The van der Waals surface area contributed by atoms with E-state index in [-0.39, 0.29) is 40.1 Å². The van der Waals surface area contributed by atoms with E-state index in [9.17, 15) is 19.8 Å². The van der Waals surface area contributed by atoms with Gasteiger partial charge in [-0.2, -0.15) is 0 Å². The van der Waals surface area contributed by atoms with E-state index < -0.39 is 11.4 Å². The Bertz CT molecular complexity index is 1130. The molecule has 0 amide bonds. The van der Waals surface area contributed by atoms with Crippen LogP contribution in [0.3, 0.4) is 0 Å². The first-order valence-electron chi connectivity index (χ1n) is 10.6. The van der Waals surface area contributed by atoms with Gasteiger partial charge in [0, 0.05) is 36.9 Å². The fourth-order valence-corrected chi connectivity index (χ4v) is 6.22. The van der Waals surface area contributed by atoms with Crippen molar-refractivity contribution in [2.24, 2.45) is 17.1 Å². The molecular weight excluding hydrogens is 406 g/mol. The minimum absolute atomic E-state index is 0.0367. The highest BCUT2D eigenvalue weighted by molar-refractivity contribution is 6.36. The van der Waals surface area contributed by atoms with Crippen LogP contribution in [0.1, 0.15) is 60.5 Å². The highest BCUT2D eigenvalue weighted by atomic mass is 35.5. The summed E-state index contributed by atoms with van der Waals surface area (Å²) in [6.07, 6.45) is 5.07. The number of carboxylic acid groups (broad SMARTS) is 1. The zero-order valence-corrected chi connectivity index (χ0v) is 17.6. The largest absolute Gasteiger partial charge is 0.508 e. The molecule has 160 valence electrons. The van der Waals surface area contributed by atoms with E-state index >= 15 is 0 Å². The van der Waals surface area contributed by atoms with Crippen molar-refractivity contribution in [3.8, 4) is 5.75 Å². The van der Waals surface area contributed by atoms with Gasteiger partial charge in [0.1, 0.15) is 11.3 Å². The number of phenolic OH excluding ortho intramolecular Hbond substituents is 1. The quantitative estimate of drug-likeness (QED) is 0.591. The van der Waals surface area contributed by atoms with Crippen LogP contribution in [-0.2, 0) is 0 Å². The Morgan fingerprint density at radius 3 is 2.80 bits per heavy atom. The molecule has 2 saturated carbocycles. The summed E-state index contributed by atoms with van der Waals surface area (Å²) in [5, 5.41) is 24.3. The summed E-state index contributed by atoms with van der Waals surface area (Å²) in [5.74, 6) is -0.925. The number of nitrogens with zero attached hydrogens (tertiary/aromatic N) is 1. The number of benzene rings is 1. The summed E-state index contributed by atoms with van der Waals surface area (Å²) in [4.78, 5) is 24.4. The van der Waals surface area contributed by atoms with Crippen LogP contribution in [0.2, 0.25) is 5.02 Å². The number of carbonyl (C=O) groups is 1. The maximum Gasteiger partial charge on any atom is 0.341 e. The molecule has 30 heavy (non-hydrogen) atoms. The number of phenols is 1. The summed E-state index contributed by atoms with van der Waals surface area (Å²) in [6.45, 7) is 3.75. The topological polar surface area (TPSA) is 118 Å². The number of nitrogens with two attached hydrogens (primary N) is 1. The van der Waals surface area contributed by atoms with E-state index in [1.807, 2.05) is 4.57 Å². The molecule has 2 aromatic rings. The fraction of sp³-hybridized carbons (Fsp3) is 0.545. The Kier molecular flexibility index (Phi) is 4.44. The minimum atomic E-state index is -1.27. The Morgan fingerprint density at radius 2 is 2.17 bits per heavy atom. The van der Waals surface area contributed by atoms with Crippen LogP contribution in [0.25, 0.3) is 10.9 Å².